The van der Waals surface area contributed by atoms with E-state index in [0.717, 1.165) is 37.9 Å². The summed E-state index contributed by atoms with van der Waals surface area (Å²) in [7, 11) is 1.73. The van der Waals surface area contributed by atoms with Crippen LogP contribution in [-0.4, -0.2) is 24.5 Å². The van der Waals surface area contributed by atoms with Gasteiger partial charge >= 0.3 is 0 Å². The number of hydrogen-bond donors (Lipinski definition) is 2. The monoisotopic (exact) mass is 299 g/mol. The summed E-state index contributed by atoms with van der Waals surface area (Å²) in [6, 6.07) is 6.55. The van der Waals surface area contributed by atoms with Crippen LogP contribution in [0.1, 0.15) is 49.1 Å². The molecule has 2 N–H and O–H groups in total. The van der Waals surface area contributed by atoms with Crippen LogP contribution < -0.4 is 4.74 Å². The minimum Gasteiger partial charge on any atom is -0.497 e. The second-order valence-electron chi connectivity index (χ2n) is 7.37. The molecule has 0 saturated heterocycles. The number of benzene rings is 1. The number of aryl methyl sites for hydroxylation is 1. The molecule has 3 aliphatic rings. The molecular weight excluding hydrogens is 274 g/mol. The number of methoxy groups -OCH3 is 1. The van der Waals surface area contributed by atoms with Gasteiger partial charge in [-0.15, -0.1) is 0 Å². The maximum absolute atomic E-state index is 10.5. The number of rotatable bonds is 2. The van der Waals surface area contributed by atoms with E-state index in [-0.39, 0.29) is 11.5 Å². The molecule has 0 radical (unpaired) electrons. The lowest BCUT2D eigenvalue weighted by molar-refractivity contribution is 0.0175. The summed E-state index contributed by atoms with van der Waals surface area (Å²) >= 11 is 0. The molecule has 0 unspecified atom stereocenters. The minimum atomic E-state index is -0.298. The van der Waals surface area contributed by atoms with Crippen LogP contribution in [0.15, 0.2) is 18.2 Å². The molecule has 1 aromatic rings. The second kappa shape index (κ2) is 5.09. The topological polar surface area (TPSA) is 53.3 Å². The van der Waals surface area contributed by atoms with E-state index in [9.17, 15) is 5.11 Å². The molecule has 3 heteroatoms. The van der Waals surface area contributed by atoms with Gasteiger partial charge in [-0.2, -0.15) is 0 Å². The summed E-state index contributed by atoms with van der Waals surface area (Å²) in [5.74, 6) is 2.69. The van der Waals surface area contributed by atoms with Gasteiger partial charge in [-0.1, -0.05) is 6.07 Å². The first-order valence-corrected chi connectivity index (χ1v) is 8.56. The normalized spacial score (nSPS) is 39.5. The Morgan fingerprint density at radius 2 is 2.14 bits per heavy atom. The summed E-state index contributed by atoms with van der Waals surface area (Å²) < 4.78 is 5.37. The number of aliphatic hydroxyl groups is 1. The standard InChI is InChI=1S/C19H25NO2/c1-22-13-3-5-14-12(10-13)2-4-16-15(14)8-9-19(11-20)17(16)6-7-18(19)21/h3,5,10-11,15-18,20-21H,2,4,6-9H2,1H3/t15-,16-,17+,18+,19+/m1/s1. The Labute approximate surface area is 132 Å². The number of aliphatic hydroxyl groups excluding tert-OH is 1. The fourth-order valence-electron chi connectivity index (χ4n) is 5.66. The molecule has 0 aliphatic heterocycles. The number of fused-ring (bicyclic) bond motifs is 5. The average molecular weight is 299 g/mol. The van der Waals surface area contributed by atoms with Crippen molar-refractivity contribution in [1.29, 1.82) is 5.41 Å². The first-order valence-electron chi connectivity index (χ1n) is 8.56. The highest BCUT2D eigenvalue weighted by Gasteiger charge is 2.56. The lowest BCUT2D eigenvalue weighted by atomic mass is 9.55. The first-order chi connectivity index (χ1) is 10.7. The van der Waals surface area contributed by atoms with Crippen molar-refractivity contribution in [2.45, 2.75) is 50.5 Å². The molecular formula is C19H25NO2. The van der Waals surface area contributed by atoms with Crippen LogP contribution in [0.3, 0.4) is 0 Å². The van der Waals surface area contributed by atoms with E-state index in [1.807, 2.05) is 0 Å². The Hall–Kier alpha value is -1.35. The van der Waals surface area contributed by atoms with E-state index >= 15 is 0 Å². The summed E-state index contributed by atoms with van der Waals surface area (Å²) in [6.07, 6.45) is 7.62. The Morgan fingerprint density at radius 3 is 2.91 bits per heavy atom. The van der Waals surface area contributed by atoms with Gasteiger partial charge in [0.2, 0.25) is 0 Å². The maximum atomic E-state index is 10.5. The largest absolute Gasteiger partial charge is 0.497 e. The zero-order chi connectivity index (χ0) is 15.3. The highest BCUT2D eigenvalue weighted by molar-refractivity contribution is 5.65. The third-order valence-electron chi connectivity index (χ3n) is 6.75. The van der Waals surface area contributed by atoms with Crippen molar-refractivity contribution in [3.8, 4) is 5.75 Å². The SMILES string of the molecule is COc1ccc2c(c1)CC[C@@H]1[C@@H]2CC[C@@]2(C=N)[C@@H](O)CC[C@@H]12. The zero-order valence-corrected chi connectivity index (χ0v) is 13.2. The number of nitrogens with one attached hydrogen (secondary N) is 1. The van der Waals surface area contributed by atoms with Crippen molar-refractivity contribution in [2.75, 3.05) is 7.11 Å². The minimum absolute atomic E-state index is 0.231. The van der Waals surface area contributed by atoms with Crippen molar-refractivity contribution < 1.29 is 9.84 Å². The molecule has 0 aromatic heterocycles. The van der Waals surface area contributed by atoms with E-state index < -0.39 is 0 Å². The molecule has 118 valence electrons. The van der Waals surface area contributed by atoms with Crippen LogP contribution in [0.2, 0.25) is 0 Å². The fourth-order valence-corrected chi connectivity index (χ4v) is 5.66. The van der Waals surface area contributed by atoms with Gasteiger partial charge in [-0.05, 0) is 79.5 Å². The zero-order valence-electron chi connectivity index (χ0n) is 13.2. The molecule has 5 atom stereocenters. The predicted octanol–water partition coefficient (Wildman–Crippen LogP) is 3.54. The van der Waals surface area contributed by atoms with Crippen LogP contribution in [0.5, 0.6) is 5.75 Å². The van der Waals surface area contributed by atoms with Crippen molar-refractivity contribution in [3.63, 3.8) is 0 Å². The molecule has 2 fully saturated rings. The molecule has 0 heterocycles. The van der Waals surface area contributed by atoms with Gasteiger partial charge in [0.25, 0.3) is 0 Å². The van der Waals surface area contributed by atoms with Gasteiger partial charge in [0.1, 0.15) is 5.75 Å². The van der Waals surface area contributed by atoms with Gasteiger partial charge in [0, 0.05) is 11.6 Å². The van der Waals surface area contributed by atoms with Crippen molar-refractivity contribution in [3.05, 3.63) is 29.3 Å². The Bertz CT molecular complexity index is 599. The van der Waals surface area contributed by atoms with Crippen LogP contribution >= 0.6 is 0 Å². The van der Waals surface area contributed by atoms with E-state index in [2.05, 4.69) is 18.2 Å². The van der Waals surface area contributed by atoms with Gasteiger partial charge in [-0.25, -0.2) is 0 Å². The maximum Gasteiger partial charge on any atom is 0.119 e. The highest BCUT2D eigenvalue weighted by Crippen LogP contribution is 2.60. The first kappa shape index (κ1) is 14.3. The summed E-state index contributed by atoms with van der Waals surface area (Å²) in [6.45, 7) is 0. The van der Waals surface area contributed by atoms with Crippen LogP contribution in [0.25, 0.3) is 0 Å². The predicted molar refractivity (Wildman–Crippen MR) is 86.7 cm³/mol. The molecule has 0 amide bonds. The molecule has 4 rings (SSSR count). The molecule has 3 nitrogen and oxygen atoms in total. The summed E-state index contributed by atoms with van der Waals surface area (Å²) in [4.78, 5) is 0. The van der Waals surface area contributed by atoms with Crippen molar-refractivity contribution in [2.24, 2.45) is 17.3 Å². The van der Waals surface area contributed by atoms with Crippen LogP contribution in [0, 0.1) is 22.7 Å². The quantitative estimate of drug-likeness (QED) is 0.821. The van der Waals surface area contributed by atoms with Gasteiger partial charge in [-0.3, -0.25) is 0 Å². The molecule has 0 spiro atoms. The van der Waals surface area contributed by atoms with Crippen molar-refractivity contribution >= 4 is 6.21 Å². The van der Waals surface area contributed by atoms with E-state index in [4.69, 9.17) is 10.1 Å². The van der Waals surface area contributed by atoms with E-state index in [1.54, 1.807) is 13.3 Å². The van der Waals surface area contributed by atoms with Crippen LogP contribution in [-0.2, 0) is 6.42 Å². The Kier molecular flexibility index (Phi) is 3.30. The molecule has 22 heavy (non-hydrogen) atoms. The lowest BCUT2D eigenvalue weighted by Gasteiger charge is -2.49. The van der Waals surface area contributed by atoms with E-state index in [1.165, 1.54) is 17.5 Å². The summed E-state index contributed by atoms with van der Waals surface area (Å²) in [5, 5.41) is 18.4. The Morgan fingerprint density at radius 1 is 1.27 bits per heavy atom. The Balaban J connectivity index is 1.70. The molecule has 1 aromatic carbocycles. The molecule has 0 bridgehead atoms. The van der Waals surface area contributed by atoms with Crippen LogP contribution in [0.4, 0.5) is 0 Å². The number of ether oxygens (including phenoxy) is 1. The lowest BCUT2D eigenvalue weighted by Crippen LogP contribution is -2.46. The highest BCUT2D eigenvalue weighted by atomic mass is 16.5. The van der Waals surface area contributed by atoms with Crippen molar-refractivity contribution in [1.82, 2.24) is 0 Å². The fraction of sp³-hybridized carbons (Fsp3) is 0.632. The van der Waals surface area contributed by atoms with Gasteiger partial charge in [0.15, 0.2) is 0 Å². The smallest absolute Gasteiger partial charge is 0.119 e. The molecule has 3 aliphatic carbocycles. The van der Waals surface area contributed by atoms with Gasteiger partial charge in [0.05, 0.1) is 13.2 Å². The second-order valence-corrected chi connectivity index (χ2v) is 7.37. The third kappa shape index (κ3) is 1.81. The summed E-state index contributed by atoms with van der Waals surface area (Å²) in [5.41, 5.74) is 2.71. The third-order valence-corrected chi connectivity index (χ3v) is 6.75. The number of hydrogen-bond acceptors (Lipinski definition) is 3. The van der Waals surface area contributed by atoms with Gasteiger partial charge < -0.3 is 15.3 Å². The molecule has 2 saturated carbocycles. The average Bonchev–Trinajstić information content (AvgIpc) is 2.91. The van der Waals surface area contributed by atoms with E-state index in [0.29, 0.717) is 17.8 Å².